The minimum absolute atomic E-state index is 0.111. The number of hydrogen-bond acceptors (Lipinski definition) is 7. The zero-order valence-corrected chi connectivity index (χ0v) is 23.0. The van der Waals surface area contributed by atoms with Gasteiger partial charge in [0, 0.05) is 18.4 Å². The SMILES string of the molecule is COc1ccc(CCn2c(C)cnc2/C(=C/C(Cl)Cl)OP(=O)(OC(C)C)OC(C)C)cc1OC. The zero-order chi connectivity index (χ0) is 25.5. The van der Waals surface area contributed by atoms with Gasteiger partial charge >= 0.3 is 7.82 Å². The molecule has 0 amide bonds. The maximum atomic E-state index is 13.4. The summed E-state index contributed by atoms with van der Waals surface area (Å²) in [5.41, 5.74) is 1.91. The molecule has 0 bridgehead atoms. The van der Waals surface area contributed by atoms with Crippen molar-refractivity contribution in [3.05, 3.63) is 47.6 Å². The van der Waals surface area contributed by atoms with Gasteiger partial charge < -0.3 is 18.6 Å². The highest BCUT2D eigenvalue weighted by Gasteiger charge is 2.34. The molecule has 34 heavy (non-hydrogen) atoms. The van der Waals surface area contributed by atoms with Crippen molar-refractivity contribution in [2.24, 2.45) is 0 Å². The molecule has 1 heterocycles. The molecule has 0 aliphatic rings. The van der Waals surface area contributed by atoms with E-state index >= 15 is 0 Å². The molecule has 0 fully saturated rings. The Morgan fingerprint density at radius 3 is 2.24 bits per heavy atom. The fourth-order valence-corrected chi connectivity index (χ4v) is 4.96. The van der Waals surface area contributed by atoms with E-state index in [4.69, 9.17) is 46.2 Å². The largest absolute Gasteiger partial charge is 0.530 e. The van der Waals surface area contributed by atoms with Crippen molar-refractivity contribution in [1.82, 2.24) is 9.55 Å². The second kappa shape index (κ2) is 12.8. The Bertz CT molecular complexity index is 1010. The molecule has 0 unspecified atom stereocenters. The first-order valence-corrected chi connectivity index (χ1v) is 13.2. The molecule has 8 nitrogen and oxygen atoms in total. The van der Waals surface area contributed by atoms with Crippen LogP contribution in [-0.4, -0.2) is 40.8 Å². The van der Waals surface area contributed by atoms with E-state index in [0.29, 0.717) is 30.3 Å². The molecule has 0 radical (unpaired) electrons. The van der Waals surface area contributed by atoms with Crippen LogP contribution < -0.4 is 9.47 Å². The summed E-state index contributed by atoms with van der Waals surface area (Å²) >= 11 is 12.1. The lowest BCUT2D eigenvalue weighted by atomic mass is 10.1. The number of hydrogen-bond donors (Lipinski definition) is 0. The van der Waals surface area contributed by atoms with Gasteiger partial charge in [0.2, 0.25) is 0 Å². The van der Waals surface area contributed by atoms with Crippen molar-refractivity contribution in [3.63, 3.8) is 0 Å². The predicted molar refractivity (Wildman–Crippen MR) is 135 cm³/mol. The van der Waals surface area contributed by atoms with Gasteiger partial charge in [-0.15, -0.1) is 23.2 Å². The second-order valence-corrected chi connectivity index (χ2v) is 10.7. The van der Waals surface area contributed by atoms with Crippen molar-refractivity contribution in [1.29, 1.82) is 0 Å². The molecule has 1 aromatic carbocycles. The van der Waals surface area contributed by atoms with Crippen molar-refractivity contribution in [3.8, 4) is 11.5 Å². The molecule has 0 atom stereocenters. The van der Waals surface area contributed by atoms with Crippen LogP contribution in [-0.2, 0) is 31.1 Å². The summed E-state index contributed by atoms with van der Waals surface area (Å²) in [6, 6.07) is 5.75. The number of nitrogens with zero attached hydrogens (tertiary/aromatic N) is 2. The van der Waals surface area contributed by atoms with E-state index in [2.05, 4.69) is 4.98 Å². The van der Waals surface area contributed by atoms with Crippen molar-refractivity contribution < 1.29 is 27.6 Å². The molecule has 0 N–H and O–H groups in total. The third-order valence-electron chi connectivity index (χ3n) is 4.51. The summed E-state index contributed by atoms with van der Waals surface area (Å²) in [4.78, 5) is 3.53. The smallest absolute Gasteiger partial charge is 0.493 e. The number of allylic oxidation sites excluding steroid dienone is 1. The maximum absolute atomic E-state index is 13.4. The minimum atomic E-state index is -3.99. The number of phosphoric ester groups is 1. The number of halogens is 2. The van der Waals surface area contributed by atoms with Crippen molar-refractivity contribution >= 4 is 36.8 Å². The molecule has 0 aliphatic heterocycles. The van der Waals surface area contributed by atoms with Gasteiger partial charge in [-0.3, -0.25) is 9.05 Å². The Morgan fingerprint density at radius 2 is 1.71 bits per heavy atom. The summed E-state index contributed by atoms with van der Waals surface area (Å²) in [5, 5.41) is 0. The molecule has 0 saturated carbocycles. The Balaban J connectivity index is 2.37. The van der Waals surface area contributed by atoms with Crippen LogP contribution in [0.2, 0.25) is 0 Å². The molecular formula is C23H33Cl2N2O6P. The summed E-state index contributed by atoms with van der Waals surface area (Å²) < 4.78 is 42.9. The van der Waals surface area contributed by atoms with Gasteiger partial charge in [-0.05, 0) is 64.8 Å². The maximum Gasteiger partial charge on any atom is 0.530 e. The Kier molecular flexibility index (Phi) is 10.8. The second-order valence-electron chi connectivity index (χ2n) is 8.03. The fraction of sp³-hybridized carbons (Fsp3) is 0.522. The Morgan fingerprint density at radius 1 is 1.09 bits per heavy atom. The van der Waals surface area contributed by atoms with E-state index in [-0.39, 0.29) is 5.76 Å². The fourth-order valence-electron chi connectivity index (χ4n) is 3.18. The zero-order valence-electron chi connectivity index (χ0n) is 20.6. The van der Waals surface area contributed by atoms with Crippen molar-refractivity contribution in [2.45, 2.75) is 64.6 Å². The molecule has 0 spiro atoms. The van der Waals surface area contributed by atoms with Gasteiger partial charge in [-0.2, -0.15) is 0 Å². The molecule has 190 valence electrons. The lowest BCUT2D eigenvalue weighted by molar-refractivity contribution is 0.0971. The number of rotatable bonds is 13. The predicted octanol–water partition coefficient (Wildman–Crippen LogP) is 6.57. The Labute approximate surface area is 211 Å². The van der Waals surface area contributed by atoms with E-state index in [1.165, 1.54) is 6.08 Å². The average molecular weight is 535 g/mol. The van der Waals surface area contributed by atoms with Crippen LogP contribution in [0.4, 0.5) is 0 Å². The summed E-state index contributed by atoms with van der Waals surface area (Å²) in [5.74, 6) is 1.83. The van der Waals surface area contributed by atoms with Crippen LogP contribution in [0.5, 0.6) is 11.5 Å². The monoisotopic (exact) mass is 534 g/mol. The minimum Gasteiger partial charge on any atom is -0.493 e. The standard InChI is InChI=1S/C23H33Cl2N2O6P/c1-15(2)31-34(28,32-16(3)4)33-21(13-22(24)25)23-26-14-17(5)27(23)11-10-18-8-9-19(29-6)20(12-18)30-7/h8-9,12-16,22H,10-11H2,1-7H3/b21-13-. The molecule has 1 aromatic heterocycles. The number of ether oxygens (including phenoxy) is 2. The molecule has 11 heteroatoms. The third-order valence-corrected chi connectivity index (χ3v) is 6.55. The topological polar surface area (TPSA) is 81.0 Å². The van der Waals surface area contributed by atoms with Crippen LogP contribution in [0.3, 0.4) is 0 Å². The van der Waals surface area contributed by atoms with Gasteiger partial charge in [0.25, 0.3) is 0 Å². The molecule has 0 aliphatic carbocycles. The number of imidazole rings is 1. The number of methoxy groups -OCH3 is 2. The molecule has 2 aromatic rings. The number of aromatic nitrogens is 2. The lowest BCUT2D eigenvalue weighted by Crippen LogP contribution is -2.13. The van der Waals surface area contributed by atoms with E-state index in [1.807, 2.05) is 29.7 Å². The third kappa shape index (κ3) is 8.21. The molecule has 0 saturated heterocycles. The number of alkyl halides is 2. The summed E-state index contributed by atoms with van der Waals surface area (Å²) in [7, 11) is -0.794. The summed E-state index contributed by atoms with van der Waals surface area (Å²) in [6.07, 6.45) is 2.96. The van der Waals surface area contributed by atoms with E-state index in [0.717, 1.165) is 11.3 Å². The van der Waals surface area contributed by atoms with Crippen LogP contribution in [0.15, 0.2) is 30.5 Å². The highest BCUT2D eigenvalue weighted by molar-refractivity contribution is 7.48. The van der Waals surface area contributed by atoms with Crippen LogP contribution in [0, 0.1) is 6.92 Å². The van der Waals surface area contributed by atoms with Crippen molar-refractivity contribution in [2.75, 3.05) is 14.2 Å². The van der Waals surface area contributed by atoms with Crippen LogP contribution in [0.25, 0.3) is 5.76 Å². The first kappa shape index (κ1) is 28.5. The lowest BCUT2D eigenvalue weighted by Gasteiger charge is -2.24. The van der Waals surface area contributed by atoms with Gasteiger partial charge in [0.05, 0.1) is 26.4 Å². The van der Waals surface area contributed by atoms with E-state index < -0.39 is 24.9 Å². The quantitative estimate of drug-likeness (QED) is 0.163. The first-order valence-electron chi connectivity index (χ1n) is 10.9. The normalized spacial score (nSPS) is 12.6. The van der Waals surface area contributed by atoms with Gasteiger partial charge in [-0.25, -0.2) is 9.55 Å². The summed E-state index contributed by atoms with van der Waals surface area (Å²) in [6.45, 7) is 9.42. The number of benzene rings is 1. The van der Waals surface area contributed by atoms with Crippen LogP contribution in [0.1, 0.15) is 44.8 Å². The van der Waals surface area contributed by atoms with Gasteiger partial charge in [0.1, 0.15) is 4.84 Å². The number of phosphoric acid groups is 1. The van der Waals surface area contributed by atoms with Gasteiger partial charge in [0.15, 0.2) is 23.1 Å². The Hall–Kier alpha value is -1.70. The average Bonchev–Trinajstić information content (AvgIpc) is 3.10. The van der Waals surface area contributed by atoms with Gasteiger partial charge in [-0.1, -0.05) is 6.07 Å². The van der Waals surface area contributed by atoms with E-state index in [9.17, 15) is 4.57 Å². The first-order chi connectivity index (χ1) is 16.0. The number of aryl methyl sites for hydroxylation is 2. The molecular weight excluding hydrogens is 502 g/mol. The highest BCUT2D eigenvalue weighted by atomic mass is 35.5. The van der Waals surface area contributed by atoms with Crippen LogP contribution >= 0.6 is 31.0 Å². The van der Waals surface area contributed by atoms with E-state index in [1.54, 1.807) is 48.1 Å². The molecule has 2 rings (SSSR count). The highest BCUT2D eigenvalue weighted by Crippen LogP contribution is 2.55.